The summed E-state index contributed by atoms with van der Waals surface area (Å²) in [5.74, 6) is -1.88. The summed E-state index contributed by atoms with van der Waals surface area (Å²) < 4.78 is 26.8. The van der Waals surface area contributed by atoms with Crippen molar-refractivity contribution < 1.29 is 33.4 Å². The van der Waals surface area contributed by atoms with Gasteiger partial charge in [0.2, 0.25) is 5.91 Å². The fourth-order valence-electron chi connectivity index (χ4n) is 4.31. The van der Waals surface area contributed by atoms with E-state index in [4.69, 9.17) is 4.84 Å². The third-order valence-corrected chi connectivity index (χ3v) is 5.92. The first-order chi connectivity index (χ1) is 17.2. The Labute approximate surface area is 202 Å². The predicted octanol–water partition coefficient (Wildman–Crippen LogP) is 4.97. The van der Waals surface area contributed by atoms with Crippen molar-refractivity contribution in [2.75, 3.05) is 4.90 Å². The fourth-order valence-corrected chi connectivity index (χ4v) is 4.31. The van der Waals surface area contributed by atoms with Crippen molar-refractivity contribution in [3.63, 3.8) is 0 Å². The van der Waals surface area contributed by atoms with E-state index in [-0.39, 0.29) is 24.5 Å². The minimum atomic E-state index is -1.02. The molecule has 0 saturated carbocycles. The molecular weight excluding hydrogens is 480 g/mol. The first-order valence-electron chi connectivity index (χ1n) is 10.8. The molecule has 186 valence electrons. The molecule has 1 unspecified atom stereocenters. The lowest BCUT2D eigenvalue weighted by Gasteiger charge is -2.48. The van der Waals surface area contributed by atoms with Gasteiger partial charge in [-0.2, -0.15) is 0 Å². The zero-order chi connectivity index (χ0) is 25.8. The largest absolute Gasteiger partial charge is 0.306 e. The number of hydrogen-bond acceptors (Lipinski definition) is 7. The van der Waals surface area contributed by atoms with Crippen LogP contribution in [0.4, 0.5) is 14.5 Å². The Morgan fingerprint density at radius 3 is 2.00 bits per heavy atom. The number of β-lactam (4-membered cyclic amide) rings is 1. The van der Waals surface area contributed by atoms with Crippen LogP contribution in [0, 0.1) is 37.8 Å². The number of nitrogens with zero attached hydrogens (tertiary/aromatic N) is 3. The van der Waals surface area contributed by atoms with E-state index >= 15 is 0 Å². The summed E-state index contributed by atoms with van der Waals surface area (Å²) in [5.41, 5.74) is 1.46. The maximum Gasteiger partial charge on any atom is 0.299 e. The topological polar surface area (TPSA) is 125 Å². The Kier molecular flexibility index (Phi) is 7.04. The van der Waals surface area contributed by atoms with E-state index in [1.807, 2.05) is 0 Å². The van der Waals surface area contributed by atoms with Crippen molar-refractivity contribution in [1.29, 1.82) is 0 Å². The molecule has 36 heavy (non-hydrogen) atoms. The fraction of sp³-hybridized carbons (Fsp3) is 0.208. The third kappa shape index (κ3) is 5.37. The van der Waals surface area contributed by atoms with Crippen LogP contribution in [0.1, 0.15) is 36.1 Å². The van der Waals surface area contributed by atoms with Crippen molar-refractivity contribution in [3.05, 3.63) is 116 Å². The van der Waals surface area contributed by atoms with E-state index in [0.717, 1.165) is 12.1 Å². The molecule has 1 fully saturated rings. The average Bonchev–Trinajstić information content (AvgIpc) is 2.83. The summed E-state index contributed by atoms with van der Waals surface area (Å²) in [4.78, 5) is 45.5. The average molecular weight is 499 g/mol. The number of amides is 1. The number of benzene rings is 3. The van der Waals surface area contributed by atoms with Gasteiger partial charge in [-0.15, -0.1) is 20.2 Å². The molecule has 3 atom stereocenters. The maximum atomic E-state index is 13.4. The lowest BCUT2D eigenvalue weighted by atomic mass is 9.78. The van der Waals surface area contributed by atoms with Crippen molar-refractivity contribution >= 4 is 11.6 Å². The van der Waals surface area contributed by atoms with Gasteiger partial charge in [0, 0.05) is 5.69 Å². The highest BCUT2D eigenvalue weighted by Gasteiger charge is 2.48. The van der Waals surface area contributed by atoms with E-state index in [1.165, 1.54) is 53.4 Å². The summed E-state index contributed by atoms with van der Waals surface area (Å²) in [6.07, 6.45) is -0.756. The molecule has 3 aromatic carbocycles. The SMILES string of the molecule is O=C1[C@@H](CC[C@H](O[N+](=O)[O-])c2ccc(F)cc2)C(c2ccc(O[N+](=O)[O-])cc2)N1c1ccc(F)cc1. The minimum Gasteiger partial charge on any atom is -0.306 e. The van der Waals surface area contributed by atoms with Crippen LogP contribution in [0.25, 0.3) is 0 Å². The van der Waals surface area contributed by atoms with Crippen molar-refractivity contribution in [2.24, 2.45) is 5.92 Å². The van der Waals surface area contributed by atoms with Crippen molar-refractivity contribution in [2.45, 2.75) is 25.0 Å². The highest BCUT2D eigenvalue weighted by atomic mass is 19.1. The first kappa shape index (κ1) is 24.5. The molecule has 1 aliphatic rings. The Balaban J connectivity index is 1.59. The second-order valence-electron chi connectivity index (χ2n) is 8.07. The monoisotopic (exact) mass is 499 g/mol. The molecule has 0 N–H and O–H groups in total. The van der Waals surface area contributed by atoms with Crippen LogP contribution < -0.4 is 9.74 Å². The van der Waals surface area contributed by atoms with Crippen LogP contribution in [0.15, 0.2) is 72.8 Å². The van der Waals surface area contributed by atoms with Crippen LogP contribution in [0.5, 0.6) is 5.75 Å². The molecule has 1 heterocycles. The number of hydrogen-bond donors (Lipinski definition) is 0. The summed E-state index contributed by atoms with van der Waals surface area (Å²) in [5, 5.41) is 19.8. The van der Waals surface area contributed by atoms with Gasteiger partial charge < -0.3 is 9.74 Å². The highest BCUT2D eigenvalue weighted by Crippen LogP contribution is 2.46. The number of halogens is 2. The standard InChI is InChI=1S/C24H19F2N3O7/c25-17-5-1-15(2-6-17)22(36-29(33)34)14-13-21-23(16-3-11-20(12-4-16)35-28(31)32)27(24(21)30)19-9-7-18(26)8-10-19/h1-12,21-23H,13-14H2/t21-,22-,23?/m0/s1. The number of carbonyl (C=O) groups excluding carboxylic acids is 1. The van der Waals surface area contributed by atoms with Gasteiger partial charge in [-0.1, -0.05) is 24.3 Å². The number of carbonyl (C=O) groups is 1. The summed E-state index contributed by atoms with van der Waals surface area (Å²) in [6.45, 7) is 0. The minimum absolute atomic E-state index is 0.00459. The molecule has 3 aromatic rings. The van der Waals surface area contributed by atoms with Crippen LogP contribution in [-0.2, 0) is 9.63 Å². The van der Waals surface area contributed by atoms with Gasteiger partial charge in [0.25, 0.3) is 10.2 Å². The molecule has 1 amide bonds. The van der Waals surface area contributed by atoms with Crippen molar-refractivity contribution in [3.8, 4) is 5.75 Å². The molecule has 10 nitrogen and oxygen atoms in total. The third-order valence-electron chi connectivity index (χ3n) is 5.92. The van der Waals surface area contributed by atoms with Gasteiger partial charge in [-0.25, -0.2) is 8.78 Å². The van der Waals surface area contributed by atoms with E-state index in [1.54, 1.807) is 12.1 Å². The second kappa shape index (κ2) is 10.3. The lowest BCUT2D eigenvalue weighted by Crippen LogP contribution is -2.55. The number of rotatable bonds is 10. The summed E-state index contributed by atoms with van der Waals surface area (Å²) in [6, 6.07) is 15.8. The summed E-state index contributed by atoms with van der Waals surface area (Å²) in [7, 11) is 0. The predicted molar refractivity (Wildman–Crippen MR) is 121 cm³/mol. The molecule has 0 aliphatic carbocycles. The van der Waals surface area contributed by atoms with Crippen molar-refractivity contribution in [1.82, 2.24) is 0 Å². The Morgan fingerprint density at radius 1 is 0.861 bits per heavy atom. The molecule has 12 heteroatoms. The summed E-state index contributed by atoms with van der Waals surface area (Å²) >= 11 is 0. The van der Waals surface area contributed by atoms with E-state index < -0.39 is 39.9 Å². The smallest absolute Gasteiger partial charge is 0.299 e. The van der Waals surface area contributed by atoms with Gasteiger partial charge in [0.05, 0.1) is 12.0 Å². The van der Waals surface area contributed by atoms with Gasteiger partial charge in [0.1, 0.15) is 23.5 Å². The van der Waals surface area contributed by atoms with Gasteiger partial charge in [-0.05, 0) is 72.5 Å². The molecule has 4 rings (SSSR count). The molecular formula is C24H19F2N3O7. The molecule has 0 bridgehead atoms. The zero-order valence-electron chi connectivity index (χ0n) is 18.5. The zero-order valence-corrected chi connectivity index (χ0v) is 18.5. The molecule has 0 spiro atoms. The quantitative estimate of drug-likeness (QED) is 0.219. The Bertz CT molecular complexity index is 1250. The molecule has 1 aliphatic heterocycles. The number of anilines is 1. The van der Waals surface area contributed by atoms with Gasteiger partial charge in [0.15, 0.2) is 0 Å². The molecule has 0 radical (unpaired) electrons. The molecule has 1 saturated heterocycles. The molecule has 0 aromatic heterocycles. The van der Waals surface area contributed by atoms with Gasteiger partial charge in [-0.3, -0.25) is 9.63 Å². The first-order valence-corrected chi connectivity index (χ1v) is 10.8. The normalized spacial score (nSPS) is 17.7. The van der Waals surface area contributed by atoms with E-state index in [2.05, 4.69) is 4.84 Å². The maximum absolute atomic E-state index is 13.4. The highest BCUT2D eigenvalue weighted by molar-refractivity contribution is 6.03. The van der Waals surface area contributed by atoms with Crippen LogP contribution in [0.3, 0.4) is 0 Å². The lowest BCUT2D eigenvalue weighted by molar-refractivity contribution is -0.771. The van der Waals surface area contributed by atoms with Crippen LogP contribution in [-0.4, -0.2) is 16.1 Å². The van der Waals surface area contributed by atoms with Crippen LogP contribution in [0.2, 0.25) is 0 Å². The second-order valence-corrected chi connectivity index (χ2v) is 8.07. The van der Waals surface area contributed by atoms with E-state index in [9.17, 15) is 33.8 Å². The van der Waals surface area contributed by atoms with E-state index in [0.29, 0.717) is 16.8 Å². The Morgan fingerprint density at radius 2 is 1.44 bits per heavy atom. The Hall–Kier alpha value is -4.61. The van der Waals surface area contributed by atoms with Crippen LogP contribution >= 0.6 is 0 Å². The van der Waals surface area contributed by atoms with Gasteiger partial charge >= 0.3 is 0 Å².